The number of carbonyl (C=O) groups is 2. The summed E-state index contributed by atoms with van der Waals surface area (Å²) in [7, 11) is 2.82. The second kappa shape index (κ2) is 13.3. The number of methoxy groups -OCH3 is 1. The van der Waals surface area contributed by atoms with E-state index in [2.05, 4.69) is 15.3 Å². The molecule has 2 aliphatic rings. The molecule has 0 amide bonds. The molecule has 244 valence electrons. The van der Waals surface area contributed by atoms with Crippen LogP contribution in [0, 0.1) is 0 Å². The highest BCUT2D eigenvalue weighted by molar-refractivity contribution is 6.30. The van der Waals surface area contributed by atoms with Crippen molar-refractivity contribution in [1.29, 1.82) is 0 Å². The molecule has 15 nitrogen and oxygen atoms in total. The lowest BCUT2D eigenvalue weighted by Crippen LogP contribution is -2.60. The zero-order chi connectivity index (χ0) is 33.3. The molecule has 15 heteroatoms. The Bertz CT molecular complexity index is 1680. The Morgan fingerprint density at radius 1 is 1.04 bits per heavy atom. The number of anilines is 1. The number of nitrogens with two attached hydrogens (primary N) is 2. The summed E-state index contributed by atoms with van der Waals surface area (Å²) < 4.78 is 16.6. The van der Waals surface area contributed by atoms with Crippen molar-refractivity contribution in [3.8, 4) is 17.2 Å². The number of phenols is 1. The number of nitrogens with one attached hydrogen (secondary N) is 1. The molecule has 46 heavy (non-hydrogen) atoms. The van der Waals surface area contributed by atoms with Crippen LogP contribution in [-0.2, 0) is 24.1 Å². The average Bonchev–Trinajstić information content (AvgIpc) is 3.05. The molecule has 0 radical (unpaired) electrons. The average molecular weight is 638 g/mol. The minimum Gasteiger partial charge on any atom is -0.507 e. The monoisotopic (exact) mass is 637 g/mol. The first-order chi connectivity index (χ1) is 22.0. The number of carbonyl (C=O) groups excluding carboxylic acids is 2. The second-order valence-corrected chi connectivity index (χ2v) is 10.9. The molecule has 2 aromatic carbocycles. The number of fused-ring (bicyclic) bond motifs is 2. The van der Waals surface area contributed by atoms with Crippen molar-refractivity contribution >= 4 is 23.3 Å². The summed E-state index contributed by atoms with van der Waals surface area (Å²) in [5.41, 5.74) is 12.6. The molecule has 1 aliphatic carbocycles. The highest BCUT2D eigenvalue weighted by atomic mass is 16.7. The highest BCUT2D eigenvalue weighted by Crippen LogP contribution is 2.42. The van der Waals surface area contributed by atoms with Gasteiger partial charge >= 0.3 is 0 Å². The van der Waals surface area contributed by atoms with Crippen LogP contribution in [0.1, 0.15) is 48.5 Å². The fraction of sp³-hybridized carbons (Fsp3) is 0.355. The predicted octanol–water partition coefficient (Wildman–Crippen LogP) is -0.849. The van der Waals surface area contributed by atoms with Crippen LogP contribution in [0.25, 0.3) is 0 Å². The minimum absolute atomic E-state index is 0.0250. The molecule has 1 aliphatic heterocycles. The van der Waals surface area contributed by atoms with Gasteiger partial charge in [0.1, 0.15) is 47.5 Å². The molecule has 0 bridgehead atoms. The van der Waals surface area contributed by atoms with Crippen molar-refractivity contribution in [1.82, 2.24) is 10.3 Å². The number of aromatic hydroxyl groups is 1. The first-order valence-electron chi connectivity index (χ1n) is 14.3. The molecule has 2 heterocycles. The fourth-order valence-electron chi connectivity index (χ4n) is 5.49. The van der Waals surface area contributed by atoms with Crippen molar-refractivity contribution in [2.45, 2.75) is 50.1 Å². The number of pyridine rings is 1. The predicted molar refractivity (Wildman–Crippen MR) is 163 cm³/mol. The van der Waals surface area contributed by atoms with Crippen molar-refractivity contribution in [2.75, 3.05) is 26.5 Å². The Morgan fingerprint density at radius 3 is 2.43 bits per heavy atom. The number of aromatic nitrogens is 1. The number of hydrogen-bond donors (Lipinski definition) is 8. The van der Waals surface area contributed by atoms with Gasteiger partial charge in [-0.25, -0.2) is 4.98 Å². The van der Waals surface area contributed by atoms with E-state index in [9.17, 15) is 35.1 Å². The van der Waals surface area contributed by atoms with Crippen molar-refractivity contribution < 1.29 is 49.3 Å². The van der Waals surface area contributed by atoms with E-state index in [0.717, 1.165) is 5.56 Å². The Balaban J connectivity index is 1.59. The van der Waals surface area contributed by atoms with E-state index in [0.29, 0.717) is 29.8 Å². The SMILES string of the molecule is CN=C(N)NCc1c(CCc2ccc(N)nc2)cc2c(c1O)C(=O)c1c(O[C@@H]3O[C@H](CO)[C@@H](O)[C@H](O)[C@H]3O)cc(OC)cc1C2=O. The highest BCUT2D eigenvalue weighted by Gasteiger charge is 2.46. The summed E-state index contributed by atoms with van der Waals surface area (Å²) in [5.74, 6) is -1.51. The van der Waals surface area contributed by atoms with Crippen molar-refractivity contribution in [2.24, 2.45) is 10.7 Å². The normalized spacial score (nSPS) is 22.7. The number of phenolic OH excluding ortho intramolecular Hbond substituents is 1. The molecule has 5 atom stereocenters. The maximum absolute atomic E-state index is 14.2. The number of aliphatic hydroxyl groups excluding tert-OH is 4. The molecule has 0 spiro atoms. The van der Waals surface area contributed by atoms with Gasteiger partial charge in [-0.3, -0.25) is 14.6 Å². The molecule has 5 rings (SSSR count). The Morgan fingerprint density at radius 2 is 1.78 bits per heavy atom. The number of benzene rings is 2. The zero-order valence-electron chi connectivity index (χ0n) is 25.0. The van der Waals surface area contributed by atoms with Gasteiger partial charge in [0.2, 0.25) is 12.1 Å². The number of ketones is 2. The maximum atomic E-state index is 14.2. The number of nitrogen functional groups attached to an aromatic ring is 1. The van der Waals surface area contributed by atoms with Gasteiger partial charge in [0, 0.05) is 42.5 Å². The molecule has 0 unspecified atom stereocenters. The molecule has 0 saturated carbocycles. The maximum Gasteiger partial charge on any atom is 0.229 e. The Kier molecular flexibility index (Phi) is 9.41. The number of guanidine groups is 1. The van der Waals surface area contributed by atoms with E-state index in [1.165, 1.54) is 26.3 Å². The van der Waals surface area contributed by atoms with E-state index >= 15 is 0 Å². The van der Waals surface area contributed by atoms with Gasteiger partial charge in [0.05, 0.1) is 24.8 Å². The summed E-state index contributed by atoms with van der Waals surface area (Å²) in [6.07, 6.45) is -5.69. The summed E-state index contributed by atoms with van der Waals surface area (Å²) >= 11 is 0. The fourth-order valence-corrected chi connectivity index (χ4v) is 5.49. The summed E-state index contributed by atoms with van der Waals surface area (Å²) in [6, 6.07) is 7.66. The first kappa shape index (κ1) is 32.6. The van der Waals surface area contributed by atoms with Crippen LogP contribution in [0.2, 0.25) is 0 Å². The second-order valence-electron chi connectivity index (χ2n) is 10.9. The van der Waals surface area contributed by atoms with Gasteiger partial charge in [0.25, 0.3) is 0 Å². The van der Waals surface area contributed by atoms with Crippen molar-refractivity contribution in [3.63, 3.8) is 0 Å². The van der Waals surface area contributed by atoms with Gasteiger partial charge in [-0.2, -0.15) is 0 Å². The topological polar surface area (TPSA) is 252 Å². The molecule has 1 fully saturated rings. The van der Waals surface area contributed by atoms with Gasteiger partial charge in [0.15, 0.2) is 11.7 Å². The number of ether oxygens (including phenoxy) is 3. The quantitative estimate of drug-likeness (QED) is 0.0822. The third-order valence-electron chi connectivity index (χ3n) is 8.06. The third kappa shape index (κ3) is 6.05. The van der Waals surface area contributed by atoms with E-state index in [1.807, 2.05) is 6.07 Å². The van der Waals surface area contributed by atoms with Gasteiger partial charge < -0.3 is 56.5 Å². The molecule has 3 aromatic rings. The van der Waals surface area contributed by atoms with Crippen LogP contribution in [0.3, 0.4) is 0 Å². The van der Waals surface area contributed by atoms with E-state index in [1.54, 1.807) is 18.3 Å². The lowest BCUT2D eigenvalue weighted by Gasteiger charge is -2.39. The van der Waals surface area contributed by atoms with Crippen LogP contribution < -0.4 is 26.3 Å². The number of nitrogens with zero attached hydrogens (tertiary/aromatic N) is 2. The lowest BCUT2D eigenvalue weighted by molar-refractivity contribution is -0.277. The smallest absolute Gasteiger partial charge is 0.229 e. The zero-order valence-corrected chi connectivity index (χ0v) is 25.0. The minimum atomic E-state index is -1.79. The van der Waals surface area contributed by atoms with Crippen LogP contribution in [0.4, 0.5) is 5.82 Å². The molecular formula is C31H35N5O10. The summed E-state index contributed by atoms with van der Waals surface area (Å²) in [4.78, 5) is 36.2. The third-order valence-corrected chi connectivity index (χ3v) is 8.06. The largest absolute Gasteiger partial charge is 0.507 e. The van der Waals surface area contributed by atoms with Crippen LogP contribution in [-0.4, -0.2) is 99.5 Å². The molecule has 10 N–H and O–H groups in total. The Labute approximate surface area is 263 Å². The molecule has 1 saturated heterocycles. The van der Waals surface area contributed by atoms with Crippen LogP contribution >= 0.6 is 0 Å². The number of hydrogen-bond acceptors (Lipinski definition) is 13. The standard InChI is InChI=1S/C31H35N5O10/c1-34-31(33)36-11-18-14(5-3-13-4-6-21(32)35-10-13)7-16-23(25(18)39)27(41)22-17(24(16)38)8-15(44-2)9-19(22)45-30-29(43)28(42)26(40)20(12-37)46-30/h4,6-10,20,26,28-30,37,39-40,42-43H,3,5,11-12H2,1-2H3,(H2,32,35)(H3,33,34,36)/t20-,26-,28+,29-,30-/m1/s1. The molecular weight excluding hydrogens is 602 g/mol. The molecule has 1 aromatic heterocycles. The van der Waals surface area contributed by atoms with Crippen LogP contribution in [0.5, 0.6) is 17.2 Å². The van der Waals surface area contributed by atoms with Crippen molar-refractivity contribution in [3.05, 3.63) is 75.5 Å². The number of aryl methyl sites for hydroxylation is 2. The van der Waals surface area contributed by atoms with E-state index in [-0.39, 0.29) is 46.3 Å². The lowest BCUT2D eigenvalue weighted by atomic mass is 9.80. The summed E-state index contributed by atoms with van der Waals surface area (Å²) in [6.45, 7) is -0.732. The van der Waals surface area contributed by atoms with Gasteiger partial charge in [-0.05, 0) is 42.2 Å². The van der Waals surface area contributed by atoms with Gasteiger partial charge in [-0.1, -0.05) is 6.07 Å². The first-order valence-corrected chi connectivity index (χ1v) is 14.3. The van der Waals surface area contributed by atoms with Crippen LogP contribution in [0.15, 0.2) is 41.5 Å². The number of aliphatic imine (C=N–C) groups is 1. The summed E-state index contributed by atoms with van der Waals surface area (Å²) in [5, 5.41) is 55.1. The number of aliphatic hydroxyl groups is 4. The van der Waals surface area contributed by atoms with E-state index < -0.39 is 54.6 Å². The van der Waals surface area contributed by atoms with E-state index in [4.69, 9.17) is 25.7 Å². The Hall–Kier alpha value is -4.80. The van der Waals surface area contributed by atoms with Gasteiger partial charge in [-0.15, -0.1) is 0 Å². The number of rotatable bonds is 9.